The van der Waals surface area contributed by atoms with Gasteiger partial charge >= 0.3 is 0 Å². The molecule has 20 heavy (non-hydrogen) atoms. The van der Waals surface area contributed by atoms with E-state index >= 15 is 0 Å². The van der Waals surface area contributed by atoms with Gasteiger partial charge in [-0.25, -0.2) is 4.98 Å². The van der Waals surface area contributed by atoms with Crippen LogP contribution in [0.2, 0.25) is 0 Å². The Morgan fingerprint density at radius 2 is 2.30 bits per heavy atom. The van der Waals surface area contributed by atoms with E-state index in [4.69, 9.17) is 0 Å². The van der Waals surface area contributed by atoms with Gasteiger partial charge in [0.2, 0.25) is 0 Å². The van der Waals surface area contributed by atoms with Crippen molar-refractivity contribution in [3.8, 4) is 0 Å². The zero-order valence-corrected chi connectivity index (χ0v) is 12.2. The zero-order valence-electron chi connectivity index (χ0n) is 11.4. The fourth-order valence-electron chi connectivity index (χ4n) is 1.79. The summed E-state index contributed by atoms with van der Waals surface area (Å²) in [5.74, 6) is 1.11. The van der Waals surface area contributed by atoms with Gasteiger partial charge in [0.25, 0.3) is 5.69 Å². The van der Waals surface area contributed by atoms with Crippen molar-refractivity contribution in [2.45, 2.75) is 13.5 Å². The van der Waals surface area contributed by atoms with E-state index < -0.39 is 4.92 Å². The predicted molar refractivity (Wildman–Crippen MR) is 81.5 cm³/mol. The monoisotopic (exact) mass is 292 g/mol. The average molecular weight is 292 g/mol. The maximum atomic E-state index is 11.0. The van der Waals surface area contributed by atoms with Crippen LogP contribution in [0.25, 0.3) is 0 Å². The van der Waals surface area contributed by atoms with Crippen LogP contribution in [0.5, 0.6) is 0 Å². The second-order valence-electron chi connectivity index (χ2n) is 4.29. The van der Waals surface area contributed by atoms with Crippen molar-refractivity contribution in [3.05, 3.63) is 44.6 Å². The Labute approximate surface area is 121 Å². The number of anilines is 2. The Morgan fingerprint density at radius 1 is 1.50 bits per heavy atom. The van der Waals surface area contributed by atoms with Crippen LogP contribution in [0.4, 0.5) is 17.3 Å². The third kappa shape index (κ3) is 3.45. The number of aromatic nitrogens is 1. The second kappa shape index (κ2) is 6.33. The van der Waals surface area contributed by atoms with Gasteiger partial charge in [0, 0.05) is 18.5 Å². The van der Waals surface area contributed by atoms with Gasteiger partial charge in [0.1, 0.15) is 11.6 Å². The van der Waals surface area contributed by atoms with Gasteiger partial charge < -0.3 is 10.2 Å². The van der Waals surface area contributed by atoms with E-state index in [0.717, 1.165) is 0 Å². The van der Waals surface area contributed by atoms with Gasteiger partial charge in [-0.1, -0.05) is 6.07 Å². The number of nitrogens with one attached hydrogen (secondary N) is 1. The molecule has 0 aliphatic carbocycles. The van der Waals surface area contributed by atoms with E-state index in [2.05, 4.69) is 10.3 Å². The minimum Gasteiger partial charge on any atom is -0.370 e. The lowest BCUT2D eigenvalue weighted by Gasteiger charge is -2.18. The van der Waals surface area contributed by atoms with Crippen LogP contribution in [-0.2, 0) is 6.54 Å². The Kier molecular flexibility index (Phi) is 4.52. The van der Waals surface area contributed by atoms with E-state index in [1.807, 2.05) is 36.4 Å². The molecule has 2 rings (SSSR count). The largest absolute Gasteiger partial charge is 0.370 e. The van der Waals surface area contributed by atoms with Crippen LogP contribution < -0.4 is 10.2 Å². The van der Waals surface area contributed by atoms with Crippen LogP contribution in [0.3, 0.4) is 0 Å². The minimum atomic E-state index is -0.398. The Hall–Kier alpha value is -2.15. The van der Waals surface area contributed by atoms with E-state index in [1.165, 1.54) is 17.0 Å². The van der Waals surface area contributed by atoms with Crippen LogP contribution in [-0.4, -0.2) is 23.5 Å². The standard InChI is InChI=1S/C13H16N4O2S/c1-3-14-12-7-10(17(18)19)8-13(15-12)16(2)9-11-5-4-6-20-11/h4-8H,3,9H2,1-2H3,(H,14,15). The molecule has 2 heterocycles. The molecule has 7 heteroatoms. The molecule has 0 atom stereocenters. The topological polar surface area (TPSA) is 71.3 Å². The molecule has 1 N–H and O–H groups in total. The van der Waals surface area contributed by atoms with Crippen LogP contribution in [0.1, 0.15) is 11.8 Å². The summed E-state index contributed by atoms with van der Waals surface area (Å²) >= 11 is 1.65. The molecule has 106 valence electrons. The highest BCUT2D eigenvalue weighted by Gasteiger charge is 2.14. The fourth-order valence-corrected chi connectivity index (χ4v) is 2.55. The van der Waals surface area contributed by atoms with Crippen molar-refractivity contribution in [3.63, 3.8) is 0 Å². The summed E-state index contributed by atoms with van der Waals surface area (Å²) in [6.45, 7) is 3.27. The minimum absolute atomic E-state index is 0.0454. The molecule has 0 aromatic carbocycles. The van der Waals surface area contributed by atoms with E-state index in [-0.39, 0.29) is 5.69 Å². The molecule has 2 aromatic heterocycles. The molecule has 0 spiro atoms. The summed E-state index contributed by atoms with van der Waals surface area (Å²) in [4.78, 5) is 18.1. The van der Waals surface area contributed by atoms with Crippen LogP contribution >= 0.6 is 11.3 Å². The molecule has 0 bridgehead atoms. The summed E-state index contributed by atoms with van der Waals surface area (Å²) in [5, 5.41) is 16.0. The second-order valence-corrected chi connectivity index (χ2v) is 5.32. The van der Waals surface area contributed by atoms with Crippen molar-refractivity contribution in [1.82, 2.24) is 4.98 Å². The highest BCUT2D eigenvalue weighted by atomic mass is 32.1. The first-order valence-corrected chi connectivity index (χ1v) is 7.12. The molecule has 0 amide bonds. The Balaban J connectivity index is 2.26. The third-order valence-corrected chi connectivity index (χ3v) is 3.59. The number of nitrogens with zero attached hydrogens (tertiary/aromatic N) is 3. The number of pyridine rings is 1. The van der Waals surface area contributed by atoms with Crippen LogP contribution in [0.15, 0.2) is 29.6 Å². The summed E-state index contributed by atoms with van der Waals surface area (Å²) in [7, 11) is 1.88. The fraction of sp³-hybridized carbons (Fsp3) is 0.308. The van der Waals surface area contributed by atoms with E-state index in [9.17, 15) is 10.1 Å². The van der Waals surface area contributed by atoms with Gasteiger partial charge in [-0.15, -0.1) is 11.3 Å². The van der Waals surface area contributed by atoms with Crippen molar-refractivity contribution in [2.24, 2.45) is 0 Å². The molecule has 0 unspecified atom stereocenters. The average Bonchev–Trinajstić information content (AvgIpc) is 2.91. The first-order chi connectivity index (χ1) is 9.60. The summed E-state index contributed by atoms with van der Waals surface area (Å²) in [6.07, 6.45) is 0. The molecule has 2 aromatic rings. The summed E-state index contributed by atoms with van der Waals surface area (Å²) in [6, 6.07) is 6.96. The molecule has 0 aliphatic heterocycles. The van der Waals surface area contributed by atoms with E-state index in [0.29, 0.717) is 24.7 Å². The number of hydrogen-bond donors (Lipinski definition) is 1. The lowest BCUT2D eigenvalue weighted by atomic mass is 10.3. The number of hydrogen-bond acceptors (Lipinski definition) is 6. The smallest absolute Gasteiger partial charge is 0.276 e. The van der Waals surface area contributed by atoms with Crippen molar-refractivity contribution >= 4 is 28.7 Å². The zero-order chi connectivity index (χ0) is 14.5. The molecular formula is C13H16N4O2S. The van der Waals surface area contributed by atoms with Gasteiger partial charge in [-0.2, -0.15) is 0 Å². The Morgan fingerprint density at radius 3 is 2.90 bits per heavy atom. The molecule has 0 radical (unpaired) electrons. The van der Waals surface area contributed by atoms with Crippen LogP contribution in [0, 0.1) is 10.1 Å². The maximum absolute atomic E-state index is 11.0. The first kappa shape index (κ1) is 14.3. The highest BCUT2D eigenvalue weighted by Crippen LogP contribution is 2.24. The lowest BCUT2D eigenvalue weighted by Crippen LogP contribution is -2.18. The Bertz CT molecular complexity index is 586. The number of thiophene rings is 1. The van der Waals surface area contributed by atoms with E-state index in [1.54, 1.807) is 11.3 Å². The third-order valence-electron chi connectivity index (χ3n) is 2.73. The van der Waals surface area contributed by atoms with Crippen molar-refractivity contribution in [1.29, 1.82) is 0 Å². The van der Waals surface area contributed by atoms with Crippen molar-refractivity contribution < 1.29 is 4.92 Å². The molecule has 0 saturated heterocycles. The maximum Gasteiger partial charge on any atom is 0.276 e. The van der Waals surface area contributed by atoms with Gasteiger partial charge in [0.05, 0.1) is 23.6 Å². The van der Waals surface area contributed by atoms with Gasteiger partial charge in [0.15, 0.2) is 0 Å². The van der Waals surface area contributed by atoms with Crippen molar-refractivity contribution in [2.75, 3.05) is 23.8 Å². The molecule has 0 aliphatic rings. The lowest BCUT2D eigenvalue weighted by molar-refractivity contribution is -0.384. The molecule has 0 fully saturated rings. The predicted octanol–water partition coefficient (Wildman–Crippen LogP) is 3.12. The molecular weight excluding hydrogens is 276 g/mol. The number of nitro groups is 1. The number of rotatable bonds is 6. The summed E-state index contributed by atoms with van der Waals surface area (Å²) < 4.78 is 0. The van der Waals surface area contributed by atoms with Gasteiger partial charge in [-0.3, -0.25) is 10.1 Å². The molecule has 6 nitrogen and oxygen atoms in total. The SMILES string of the molecule is CCNc1cc([N+](=O)[O-])cc(N(C)Cc2cccs2)n1. The van der Waals surface area contributed by atoms with Gasteiger partial charge in [-0.05, 0) is 18.4 Å². The first-order valence-electron chi connectivity index (χ1n) is 6.24. The quantitative estimate of drug-likeness (QED) is 0.654. The molecule has 0 saturated carbocycles. The normalized spacial score (nSPS) is 10.3. The summed E-state index contributed by atoms with van der Waals surface area (Å²) in [5.41, 5.74) is 0.0454. The highest BCUT2D eigenvalue weighted by molar-refractivity contribution is 7.09.